The number of carbonyl (C=O) groups is 2. The second-order valence-corrected chi connectivity index (χ2v) is 6.49. The van der Waals surface area contributed by atoms with Gasteiger partial charge in [-0.05, 0) is 31.2 Å². The number of urea groups is 1. The minimum absolute atomic E-state index is 0.0718. The van der Waals surface area contributed by atoms with Gasteiger partial charge in [-0.1, -0.05) is 29.8 Å². The molecule has 1 heterocycles. The number of nitrogens with zero attached hydrogens (tertiary/aromatic N) is 1. The van der Waals surface area contributed by atoms with E-state index in [2.05, 4.69) is 10.6 Å². The summed E-state index contributed by atoms with van der Waals surface area (Å²) in [5, 5.41) is 5.73. The van der Waals surface area contributed by atoms with Crippen LogP contribution in [0.5, 0.6) is 11.5 Å². The van der Waals surface area contributed by atoms with Gasteiger partial charge in [0.2, 0.25) is 5.91 Å². The zero-order chi connectivity index (χ0) is 19.4. The number of amides is 3. The monoisotopic (exact) mass is 389 g/mol. The van der Waals surface area contributed by atoms with E-state index in [-0.39, 0.29) is 19.2 Å². The highest BCUT2D eigenvalue weighted by molar-refractivity contribution is 6.31. The molecule has 0 aliphatic carbocycles. The highest BCUT2D eigenvalue weighted by atomic mass is 35.5. The van der Waals surface area contributed by atoms with Crippen LogP contribution in [0.15, 0.2) is 42.5 Å². The molecule has 3 amide bonds. The van der Waals surface area contributed by atoms with Gasteiger partial charge in [0.1, 0.15) is 18.5 Å². The Labute approximate surface area is 162 Å². The Hall–Kier alpha value is -2.77. The summed E-state index contributed by atoms with van der Waals surface area (Å²) in [6.07, 6.45) is 0. The summed E-state index contributed by atoms with van der Waals surface area (Å²) in [7, 11) is 1.47. The van der Waals surface area contributed by atoms with Crippen molar-refractivity contribution in [3.8, 4) is 11.5 Å². The van der Waals surface area contributed by atoms with Gasteiger partial charge >= 0.3 is 6.03 Å². The minimum atomic E-state index is -0.741. The Morgan fingerprint density at radius 2 is 2.04 bits per heavy atom. The van der Waals surface area contributed by atoms with Crippen LogP contribution in [0.1, 0.15) is 12.5 Å². The summed E-state index contributed by atoms with van der Waals surface area (Å²) < 4.78 is 10.8. The molecule has 0 saturated carbocycles. The molecule has 2 aromatic carbocycles. The highest BCUT2D eigenvalue weighted by Gasteiger charge is 2.27. The minimum Gasteiger partial charge on any atom is -0.455 e. The molecule has 8 heteroatoms. The Morgan fingerprint density at radius 1 is 1.26 bits per heavy atom. The van der Waals surface area contributed by atoms with Crippen molar-refractivity contribution in [1.82, 2.24) is 10.6 Å². The number of benzene rings is 2. The molecule has 1 aliphatic heterocycles. The normalized spacial score (nSPS) is 13.5. The van der Waals surface area contributed by atoms with Gasteiger partial charge in [-0.15, -0.1) is 0 Å². The molecule has 1 aliphatic rings. The largest absolute Gasteiger partial charge is 0.455 e. The Kier molecular flexibility index (Phi) is 5.83. The maximum absolute atomic E-state index is 12.9. The first-order chi connectivity index (χ1) is 13.0. The topological polar surface area (TPSA) is 79.9 Å². The number of nitrogens with one attached hydrogen (secondary N) is 2. The van der Waals surface area contributed by atoms with Crippen LogP contribution < -0.4 is 20.3 Å². The fraction of sp³-hybridized carbons (Fsp3) is 0.263. The molecule has 1 atom stereocenters. The van der Waals surface area contributed by atoms with Crippen molar-refractivity contribution >= 4 is 29.2 Å². The van der Waals surface area contributed by atoms with Crippen LogP contribution >= 0.6 is 11.6 Å². The number of anilines is 1. The van der Waals surface area contributed by atoms with E-state index in [1.54, 1.807) is 25.1 Å². The van der Waals surface area contributed by atoms with Crippen LogP contribution in [0.2, 0.25) is 5.02 Å². The van der Waals surface area contributed by atoms with E-state index in [0.29, 0.717) is 22.2 Å². The molecule has 0 aromatic heterocycles. The molecule has 27 heavy (non-hydrogen) atoms. The number of hydrogen-bond donors (Lipinski definition) is 2. The molecule has 2 N–H and O–H groups in total. The average Bonchev–Trinajstić information content (AvgIpc) is 2.82. The molecular weight excluding hydrogens is 370 g/mol. The molecule has 2 aromatic rings. The van der Waals surface area contributed by atoms with Gasteiger partial charge in [0.05, 0.1) is 12.2 Å². The molecule has 142 valence electrons. The average molecular weight is 390 g/mol. The number of para-hydroxylation sites is 1. The number of methoxy groups -OCH3 is 1. The third-order valence-corrected chi connectivity index (χ3v) is 4.34. The molecule has 0 saturated heterocycles. The number of fused-ring (bicyclic) bond motifs is 2. The van der Waals surface area contributed by atoms with Crippen LogP contribution in [0.25, 0.3) is 0 Å². The van der Waals surface area contributed by atoms with E-state index in [1.807, 2.05) is 24.3 Å². The smallest absolute Gasteiger partial charge is 0.322 e. The second-order valence-electron chi connectivity index (χ2n) is 6.05. The second kappa shape index (κ2) is 8.28. The zero-order valence-electron chi connectivity index (χ0n) is 15.0. The van der Waals surface area contributed by atoms with Crippen molar-refractivity contribution in [3.05, 3.63) is 53.1 Å². The van der Waals surface area contributed by atoms with Gasteiger partial charge in [-0.25, -0.2) is 4.79 Å². The van der Waals surface area contributed by atoms with Crippen molar-refractivity contribution in [3.63, 3.8) is 0 Å². The summed E-state index contributed by atoms with van der Waals surface area (Å²) in [5.74, 6) is 0.834. The molecule has 0 radical (unpaired) electrons. The van der Waals surface area contributed by atoms with Gasteiger partial charge in [0.15, 0.2) is 5.75 Å². The van der Waals surface area contributed by atoms with Gasteiger partial charge in [-0.3, -0.25) is 9.69 Å². The Balaban J connectivity index is 1.88. The number of halogens is 1. The summed E-state index contributed by atoms with van der Waals surface area (Å²) >= 11 is 6.13. The number of hydrogen-bond acceptors (Lipinski definition) is 4. The summed E-state index contributed by atoms with van der Waals surface area (Å²) in [5.41, 5.74) is 1.37. The first kappa shape index (κ1) is 19.0. The third kappa shape index (κ3) is 4.32. The molecule has 0 spiro atoms. The van der Waals surface area contributed by atoms with Gasteiger partial charge in [0.25, 0.3) is 0 Å². The molecule has 0 unspecified atom stereocenters. The standard InChI is InChI=1S/C19H20ClN3O4/c1-12(18(24)21-11-26-2)22-19(25)23-10-13-5-3-4-6-16(13)27-17-8-7-14(20)9-15(17)23/h3-9,12H,10-11H2,1-2H3,(H,21,24)(H,22,25)/t12-/m1/s1. The van der Waals surface area contributed by atoms with E-state index in [1.165, 1.54) is 12.0 Å². The van der Waals surface area contributed by atoms with E-state index < -0.39 is 12.1 Å². The molecule has 0 bridgehead atoms. The third-order valence-electron chi connectivity index (χ3n) is 4.10. The SMILES string of the molecule is COCNC(=O)[C@@H](C)NC(=O)N1Cc2ccccc2Oc2ccc(Cl)cc21. The van der Waals surface area contributed by atoms with Crippen LogP contribution in [-0.4, -0.2) is 31.8 Å². The predicted molar refractivity (Wildman–Crippen MR) is 102 cm³/mol. The van der Waals surface area contributed by atoms with Crippen LogP contribution in [0.4, 0.5) is 10.5 Å². The summed E-state index contributed by atoms with van der Waals surface area (Å²) in [6, 6.07) is 11.4. The molecule has 7 nitrogen and oxygen atoms in total. The lowest BCUT2D eigenvalue weighted by Crippen LogP contribution is -2.50. The number of ether oxygens (including phenoxy) is 2. The van der Waals surface area contributed by atoms with Crippen molar-refractivity contribution in [2.24, 2.45) is 0 Å². The van der Waals surface area contributed by atoms with Crippen molar-refractivity contribution in [2.45, 2.75) is 19.5 Å². The quantitative estimate of drug-likeness (QED) is 0.786. The van der Waals surface area contributed by atoms with Crippen molar-refractivity contribution in [2.75, 3.05) is 18.7 Å². The fourth-order valence-corrected chi connectivity index (χ4v) is 2.87. The van der Waals surface area contributed by atoms with Crippen LogP contribution in [-0.2, 0) is 16.1 Å². The van der Waals surface area contributed by atoms with Crippen LogP contribution in [0.3, 0.4) is 0 Å². The first-order valence-corrected chi connectivity index (χ1v) is 8.77. The van der Waals surface area contributed by atoms with Crippen molar-refractivity contribution in [1.29, 1.82) is 0 Å². The fourth-order valence-electron chi connectivity index (χ4n) is 2.70. The molecule has 3 rings (SSSR count). The van der Waals surface area contributed by atoms with Gasteiger partial charge < -0.3 is 20.1 Å². The van der Waals surface area contributed by atoms with E-state index in [9.17, 15) is 9.59 Å². The lowest BCUT2D eigenvalue weighted by molar-refractivity contribution is -0.123. The van der Waals surface area contributed by atoms with E-state index in [0.717, 1.165) is 5.56 Å². The number of rotatable bonds is 4. The summed E-state index contributed by atoms with van der Waals surface area (Å²) in [6.45, 7) is 1.95. The maximum Gasteiger partial charge on any atom is 0.322 e. The maximum atomic E-state index is 12.9. The van der Waals surface area contributed by atoms with Gasteiger partial charge in [0, 0.05) is 17.7 Å². The summed E-state index contributed by atoms with van der Waals surface area (Å²) in [4.78, 5) is 26.5. The highest BCUT2D eigenvalue weighted by Crippen LogP contribution is 2.40. The molecular formula is C19H20ClN3O4. The Morgan fingerprint density at radius 3 is 2.81 bits per heavy atom. The zero-order valence-corrected chi connectivity index (χ0v) is 15.7. The lowest BCUT2D eigenvalue weighted by Gasteiger charge is -2.24. The van der Waals surface area contributed by atoms with E-state index >= 15 is 0 Å². The lowest BCUT2D eigenvalue weighted by atomic mass is 10.2. The predicted octanol–water partition coefficient (Wildman–Crippen LogP) is 3.27. The number of carbonyl (C=O) groups excluding carboxylic acids is 2. The Bertz CT molecular complexity index is 859. The van der Waals surface area contributed by atoms with Gasteiger partial charge in [-0.2, -0.15) is 0 Å². The first-order valence-electron chi connectivity index (χ1n) is 8.39. The van der Waals surface area contributed by atoms with Crippen LogP contribution in [0, 0.1) is 0 Å². The van der Waals surface area contributed by atoms with Crippen molar-refractivity contribution < 1.29 is 19.1 Å². The van der Waals surface area contributed by atoms with E-state index in [4.69, 9.17) is 21.1 Å². The molecule has 0 fully saturated rings.